The van der Waals surface area contributed by atoms with E-state index in [9.17, 15) is 19.8 Å². The zero-order valence-corrected chi connectivity index (χ0v) is 23.9. The standard InChI is InChI=1S/C27H31BrCl2O7/c1-10-6-16(36-24(10)33)21(31)19(23(29)30)13-4-5-14-15-7-17(28)27-25(34)35-9-12(37-27)8-26(27,3)20(15)22(32)18(14)11(13)2/h4-5,10,12,15-17,19-21,23,25,31,34H,6-9H2,1-3H3. The van der Waals surface area contributed by atoms with Gasteiger partial charge in [0.15, 0.2) is 12.1 Å². The van der Waals surface area contributed by atoms with E-state index in [0.717, 1.165) is 11.1 Å². The van der Waals surface area contributed by atoms with Crippen LogP contribution in [0.25, 0.3) is 0 Å². The van der Waals surface area contributed by atoms with Crippen molar-refractivity contribution in [2.24, 2.45) is 17.3 Å². The van der Waals surface area contributed by atoms with Crippen LogP contribution in [0.2, 0.25) is 0 Å². The summed E-state index contributed by atoms with van der Waals surface area (Å²) < 4.78 is 17.5. The van der Waals surface area contributed by atoms with Crippen molar-refractivity contribution in [3.63, 3.8) is 0 Å². The Kier molecular flexibility index (Phi) is 6.36. The number of carbonyl (C=O) groups is 2. The molecule has 10 heteroatoms. The lowest BCUT2D eigenvalue weighted by Crippen LogP contribution is -2.66. The average Bonchev–Trinajstić information content (AvgIpc) is 3.41. The fraction of sp³-hybridized carbons (Fsp3) is 0.704. The molecule has 0 amide bonds. The average molecular weight is 618 g/mol. The van der Waals surface area contributed by atoms with Crippen molar-refractivity contribution in [3.8, 4) is 0 Å². The molecule has 7 nitrogen and oxygen atoms in total. The number of Topliss-reactive ketones (excluding diaryl/α,β-unsaturated/α-hetero) is 1. The summed E-state index contributed by atoms with van der Waals surface area (Å²) in [4.78, 5) is 25.1. The number of cyclic esters (lactones) is 1. The van der Waals surface area contributed by atoms with Gasteiger partial charge in [0.1, 0.15) is 22.6 Å². The van der Waals surface area contributed by atoms with Crippen LogP contribution in [0.1, 0.15) is 72.0 Å². The summed E-state index contributed by atoms with van der Waals surface area (Å²) in [5, 5.41) is 22.2. The molecule has 3 heterocycles. The molecule has 1 aromatic carbocycles. The highest BCUT2D eigenvalue weighted by Crippen LogP contribution is 2.68. The van der Waals surface area contributed by atoms with Crippen molar-refractivity contribution >= 4 is 50.9 Å². The summed E-state index contributed by atoms with van der Waals surface area (Å²) >= 11 is 16.6. The maximum absolute atomic E-state index is 14.3. The molecule has 1 spiro atoms. The van der Waals surface area contributed by atoms with Gasteiger partial charge in [-0.15, -0.1) is 23.2 Å². The smallest absolute Gasteiger partial charge is 0.309 e. The van der Waals surface area contributed by atoms with Gasteiger partial charge in [-0.3, -0.25) is 9.59 Å². The molecule has 0 aromatic heterocycles. The van der Waals surface area contributed by atoms with Gasteiger partial charge in [-0.2, -0.15) is 0 Å². The second-order valence-electron chi connectivity index (χ2n) is 11.7. The van der Waals surface area contributed by atoms with Crippen molar-refractivity contribution < 1.29 is 34.0 Å². The molecule has 0 radical (unpaired) electrons. The number of hydrogen-bond acceptors (Lipinski definition) is 7. The summed E-state index contributed by atoms with van der Waals surface area (Å²) in [6, 6.07) is 3.85. The zero-order chi connectivity index (χ0) is 26.6. The zero-order valence-electron chi connectivity index (χ0n) is 20.8. The number of ketones is 1. The molecule has 2 N–H and O–H groups in total. The highest BCUT2D eigenvalue weighted by Gasteiger charge is 2.74. The molecular weight excluding hydrogens is 587 g/mol. The number of rotatable bonds is 4. The van der Waals surface area contributed by atoms with Gasteiger partial charge in [0.05, 0.1) is 18.6 Å². The van der Waals surface area contributed by atoms with E-state index < -0.39 is 40.3 Å². The number of hydrogen-bond donors (Lipinski definition) is 2. The van der Waals surface area contributed by atoms with Crippen molar-refractivity contribution in [1.29, 1.82) is 0 Å². The molecule has 11 atom stereocenters. The van der Waals surface area contributed by atoms with Crippen molar-refractivity contribution in [3.05, 3.63) is 34.4 Å². The van der Waals surface area contributed by atoms with E-state index in [1.807, 2.05) is 26.0 Å². The van der Waals surface area contributed by atoms with Gasteiger partial charge in [0, 0.05) is 27.6 Å². The van der Waals surface area contributed by atoms with Gasteiger partial charge in [0.25, 0.3) is 0 Å². The molecule has 4 fully saturated rings. The minimum atomic E-state index is -1.13. The molecule has 6 rings (SSSR count). The number of halogens is 3. The number of alkyl halides is 3. The molecule has 11 unspecified atom stereocenters. The third-order valence-electron chi connectivity index (χ3n) is 9.83. The molecule has 3 saturated heterocycles. The summed E-state index contributed by atoms with van der Waals surface area (Å²) in [6.07, 6.45) is -1.53. The van der Waals surface area contributed by atoms with Crippen LogP contribution in [0.15, 0.2) is 12.1 Å². The summed E-state index contributed by atoms with van der Waals surface area (Å²) in [6.45, 7) is 5.98. The highest BCUT2D eigenvalue weighted by molar-refractivity contribution is 9.09. The Balaban J connectivity index is 1.41. The van der Waals surface area contributed by atoms with E-state index in [-0.39, 0.29) is 40.4 Å². The molecule has 1 aromatic rings. The summed E-state index contributed by atoms with van der Waals surface area (Å²) in [5.74, 6) is -1.83. The molecule has 37 heavy (non-hydrogen) atoms. The molecule has 2 bridgehead atoms. The number of esters is 1. The van der Waals surface area contributed by atoms with Crippen LogP contribution in [0.5, 0.6) is 0 Å². The van der Waals surface area contributed by atoms with E-state index in [4.69, 9.17) is 37.4 Å². The minimum Gasteiger partial charge on any atom is -0.459 e. The third kappa shape index (κ3) is 3.45. The van der Waals surface area contributed by atoms with Crippen molar-refractivity contribution in [2.45, 2.75) is 91.7 Å². The van der Waals surface area contributed by atoms with Crippen LogP contribution in [0.4, 0.5) is 0 Å². The lowest BCUT2D eigenvalue weighted by atomic mass is 9.54. The van der Waals surface area contributed by atoms with E-state index in [1.165, 1.54) is 0 Å². The number of aliphatic hydroxyl groups excluding tert-OH is 2. The maximum atomic E-state index is 14.3. The van der Waals surface area contributed by atoms with Crippen LogP contribution in [-0.2, 0) is 19.0 Å². The van der Waals surface area contributed by atoms with Crippen LogP contribution < -0.4 is 0 Å². The van der Waals surface area contributed by atoms with Crippen LogP contribution in [0, 0.1) is 24.2 Å². The summed E-state index contributed by atoms with van der Waals surface area (Å²) in [5.41, 5.74) is 1.34. The van der Waals surface area contributed by atoms with Crippen molar-refractivity contribution in [2.75, 3.05) is 6.61 Å². The predicted molar refractivity (Wildman–Crippen MR) is 139 cm³/mol. The first-order chi connectivity index (χ1) is 17.4. The SMILES string of the molecule is Cc1c(C(C(Cl)Cl)C(O)C2CC(C)C(=O)O2)ccc2c1C(=O)C1C2CC(Br)C23OC(COC2O)CC13C. The molecule has 1 saturated carbocycles. The maximum Gasteiger partial charge on any atom is 0.309 e. The number of benzene rings is 1. The van der Waals surface area contributed by atoms with Gasteiger partial charge in [-0.25, -0.2) is 0 Å². The molecule has 202 valence electrons. The Morgan fingerprint density at radius 1 is 1.22 bits per heavy atom. The van der Waals surface area contributed by atoms with Crippen LogP contribution >= 0.6 is 39.1 Å². The quantitative estimate of drug-likeness (QED) is 0.387. The third-order valence-corrected chi connectivity index (χ3v) is 11.4. The van der Waals surface area contributed by atoms with Gasteiger partial charge in [0.2, 0.25) is 0 Å². The fourth-order valence-corrected chi connectivity index (χ4v) is 9.95. The number of fused-ring (bicyclic) bond motifs is 5. The Hall–Kier alpha value is -0.740. The molecular formula is C27H31BrCl2O7. The Bertz CT molecular complexity index is 1160. The first kappa shape index (κ1) is 26.5. The van der Waals surface area contributed by atoms with Gasteiger partial charge in [-0.1, -0.05) is 41.9 Å². The van der Waals surface area contributed by atoms with E-state index >= 15 is 0 Å². The van der Waals surface area contributed by atoms with Crippen LogP contribution in [-0.4, -0.2) is 68.4 Å². The number of aliphatic hydroxyl groups is 2. The first-order valence-corrected chi connectivity index (χ1v) is 14.7. The largest absolute Gasteiger partial charge is 0.459 e. The first-order valence-electron chi connectivity index (χ1n) is 12.9. The number of carbonyl (C=O) groups excluding carboxylic acids is 2. The predicted octanol–water partition coefficient (Wildman–Crippen LogP) is 4.14. The van der Waals surface area contributed by atoms with Crippen molar-refractivity contribution in [1.82, 2.24) is 0 Å². The monoisotopic (exact) mass is 616 g/mol. The second kappa shape index (κ2) is 8.88. The van der Waals surface area contributed by atoms with E-state index in [1.54, 1.807) is 6.92 Å². The van der Waals surface area contributed by atoms with Gasteiger partial charge >= 0.3 is 5.97 Å². The Morgan fingerprint density at radius 2 is 1.95 bits per heavy atom. The lowest BCUT2D eigenvalue weighted by Gasteiger charge is -2.55. The van der Waals surface area contributed by atoms with E-state index in [0.29, 0.717) is 37.0 Å². The molecule has 5 aliphatic rings. The lowest BCUT2D eigenvalue weighted by molar-refractivity contribution is -0.303. The normalized spacial score (nSPS) is 43.9. The Labute approximate surface area is 234 Å². The highest BCUT2D eigenvalue weighted by atomic mass is 79.9. The second-order valence-corrected chi connectivity index (χ2v) is 14.0. The summed E-state index contributed by atoms with van der Waals surface area (Å²) in [7, 11) is 0. The minimum absolute atomic E-state index is 0.0128. The number of ether oxygens (including phenoxy) is 3. The fourth-order valence-electron chi connectivity index (χ4n) is 8.12. The topological polar surface area (TPSA) is 102 Å². The van der Waals surface area contributed by atoms with Gasteiger partial charge < -0.3 is 24.4 Å². The van der Waals surface area contributed by atoms with E-state index in [2.05, 4.69) is 15.9 Å². The Morgan fingerprint density at radius 3 is 2.59 bits per heavy atom. The van der Waals surface area contributed by atoms with Crippen LogP contribution in [0.3, 0.4) is 0 Å². The molecule has 2 aliphatic carbocycles. The molecule has 3 aliphatic heterocycles. The van der Waals surface area contributed by atoms with Gasteiger partial charge in [-0.05, 0) is 48.8 Å².